The Morgan fingerprint density at radius 1 is 1.20 bits per heavy atom. The van der Waals surface area contributed by atoms with Crippen LogP contribution in [0.1, 0.15) is 32.1 Å². The lowest BCUT2D eigenvalue weighted by Crippen LogP contribution is -2.21. The van der Waals surface area contributed by atoms with Crippen LogP contribution in [-0.4, -0.2) is 35.7 Å². The average molecular weight is 296 g/mol. The predicted octanol–water partition coefficient (Wildman–Crippen LogP) is 2.73. The van der Waals surface area contributed by atoms with Crippen molar-refractivity contribution in [1.29, 1.82) is 0 Å². The number of carbonyl (C=O) groups excluding carboxylic acids is 1. The Labute approximate surface area is 123 Å². The molecule has 1 aliphatic carbocycles. The molecule has 2 rings (SSSR count). The number of rotatable bonds is 6. The summed E-state index contributed by atoms with van der Waals surface area (Å²) in [4.78, 5) is 19.9. The highest BCUT2D eigenvalue weighted by Crippen LogP contribution is 2.35. The van der Waals surface area contributed by atoms with E-state index in [2.05, 4.69) is 9.97 Å². The van der Waals surface area contributed by atoms with Gasteiger partial charge in [-0.2, -0.15) is 9.97 Å². The third-order valence-electron chi connectivity index (χ3n) is 3.57. The van der Waals surface area contributed by atoms with Crippen LogP contribution in [0.25, 0.3) is 0 Å². The van der Waals surface area contributed by atoms with Crippen LogP contribution in [-0.2, 0) is 4.79 Å². The summed E-state index contributed by atoms with van der Waals surface area (Å²) in [6.07, 6.45) is 6.93. The summed E-state index contributed by atoms with van der Waals surface area (Å²) >= 11 is 1.40. The van der Waals surface area contributed by atoms with Crippen LogP contribution in [0, 0.1) is 5.92 Å². The molecule has 0 amide bonds. The maximum absolute atomic E-state index is 11.4. The normalized spacial score (nSPS) is 17.5. The van der Waals surface area contributed by atoms with Gasteiger partial charge in [-0.1, -0.05) is 31.0 Å². The highest BCUT2D eigenvalue weighted by molar-refractivity contribution is 8.00. The molecule has 0 N–H and O–H groups in total. The second-order valence-electron chi connectivity index (χ2n) is 4.85. The van der Waals surface area contributed by atoms with Gasteiger partial charge in [-0.15, -0.1) is 0 Å². The lowest BCUT2D eigenvalue weighted by Gasteiger charge is -2.25. The quantitative estimate of drug-likeness (QED) is 0.457. The minimum atomic E-state index is -0.0906. The number of hydrogen-bond donors (Lipinski definition) is 0. The third-order valence-corrected chi connectivity index (χ3v) is 4.73. The highest BCUT2D eigenvalue weighted by Gasteiger charge is 2.25. The zero-order chi connectivity index (χ0) is 14.4. The Balaban J connectivity index is 2.11. The number of hydrogen-bond acceptors (Lipinski definition) is 6. The standard InChI is InChI=1S/C14H20N2O3S/c1-18-12-8-13(19-2)16-14(15-12)20-11(9-17)10-6-4-3-5-7-10/h8-11H,3-7H2,1-2H3. The monoisotopic (exact) mass is 296 g/mol. The largest absolute Gasteiger partial charge is 0.481 e. The van der Waals surface area contributed by atoms with E-state index in [4.69, 9.17) is 9.47 Å². The fraction of sp³-hybridized carbons (Fsp3) is 0.643. The second-order valence-corrected chi connectivity index (χ2v) is 6.00. The maximum atomic E-state index is 11.4. The van der Waals surface area contributed by atoms with Crippen LogP contribution in [0.5, 0.6) is 11.8 Å². The molecule has 20 heavy (non-hydrogen) atoms. The van der Waals surface area contributed by atoms with Crippen LogP contribution in [0.15, 0.2) is 11.2 Å². The van der Waals surface area contributed by atoms with Gasteiger partial charge < -0.3 is 14.3 Å². The molecule has 1 aromatic heterocycles. The molecular formula is C14H20N2O3S. The molecular weight excluding hydrogens is 276 g/mol. The smallest absolute Gasteiger partial charge is 0.220 e. The molecule has 1 fully saturated rings. The van der Waals surface area contributed by atoms with Crippen molar-refractivity contribution in [3.8, 4) is 11.8 Å². The Morgan fingerprint density at radius 2 is 1.80 bits per heavy atom. The lowest BCUT2D eigenvalue weighted by molar-refractivity contribution is -0.108. The summed E-state index contributed by atoms with van der Waals surface area (Å²) in [5.41, 5.74) is 0. The van der Waals surface area contributed by atoms with Crippen molar-refractivity contribution in [2.24, 2.45) is 5.92 Å². The first-order chi connectivity index (χ1) is 9.76. The summed E-state index contributed by atoms with van der Waals surface area (Å²) in [5, 5.41) is 0.441. The lowest BCUT2D eigenvalue weighted by atomic mass is 9.87. The van der Waals surface area contributed by atoms with E-state index in [9.17, 15) is 4.79 Å². The van der Waals surface area contributed by atoms with Crippen molar-refractivity contribution in [1.82, 2.24) is 9.97 Å². The van der Waals surface area contributed by atoms with Gasteiger partial charge in [-0.05, 0) is 18.8 Å². The van der Waals surface area contributed by atoms with Gasteiger partial charge in [0, 0.05) is 0 Å². The zero-order valence-corrected chi connectivity index (χ0v) is 12.7. The summed E-state index contributed by atoms with van der Waals surface area (Å²) in [5.74, 6) is 1.33. The summed E-state index contributed by atoms with van der Waals surface area (Å²) in [6, 6.07) is 1.63. The van der Waals surface area contributed by atoms with E-state index >= 15 is 0 Å². The van der Waals surface area contributed by atoms with Crippen LogP contribution < -0.4 is 9.47 Å². The number of ether oxygens (including phenoxy) is 2. The van der Waals surface area contributed by atoms with E-state index in [1.54, 1.807) is 20.3 Å². The molecule has 0 bridgehead atoms. The van der Waals surface area contributed by atoms with Gasteiger partial charge in [-0.3, -0.25) is 0 Å². The van der Waals surface area contributed by atoms with Gasteiger partial charge in [0.2, 0.25) is 11.8 Å². The van der Waals surface area contributed by atoms with E-state index in [0.29, 0.717) is 22.8 Å². The predicted molar refractivity (Wildman–Crippen MR) is 77.4 cm³/mol. The number of aromatic nitrogens is 2. The molecule has 0 aliphatic heterocycles. The molecule has 110 valence electrons. The van der Waals surface area contributed by atoms with E-state index in [1.807, 2.05) is 0 Å². The van der Waals surface area contributed by atoms with Crippen molar-refractivity contribution in [2.75, 3.05) is 14.2 Å². The first-order valence-corrected chi connectivity index (χ1v) is 7.73. The average Bonchev–Trinajstić information content (AvgIpc) is 2.53. The molecule has 0 spiro atoms. The van der Waals surface area contributed by atoms with Crippen LogP contribution >= 0.6 is 11.8 Å². The summed E-state index contributed by atoms with van der Waals surface area (Å²) in [6.45, 7) is 0. The summed E-state index contributed by atoms with van der Waals surface area (Å²) < 4.78 is 10.3. The van der Waals surface area contributed by atoms with Gasteiger partial charge >= 0.3 is 0 Å². The molecule has 0 aromatic carbocycles. The molecule has 1 atom stereocenters. The highest BCUT2D eigenvalue weighted by atomic mass is 32.2. The van der Waals surface area contributed by atoms with Crippen molar-refractivity contribution in [3.05, 3.63) is 6.07 Å². The minimum Gasteiger partial charge on any atom is -0.481 e. The molecule has 5 nitrogen and oxygen atoms in total. The molecule has 1 heterocycles. The van der Waals surface area contributed by atoms with Gasteiger partial charge in [0.15, 0.2) is 5.16 Å². The Bertz CT molecular complexity index is 428. The molecule has 0 radical (unpaired) electrons. The number of nitrogens with zero attached hydrogens (tertiary/aromatic N) is 2. The van der Waals surface area contributed by atoms with Crippen molar-refractivity contribution in [3.63, 3.8) is 0 Å². The summed E-state index contributed by atoms with van der Waals surface area (Å²) in [7, 11) is 3.10. The third kappa shape index (κ3) is 3.85. The molecule has 6 heteroatoms. The molecule has 1 unspecified atom stereocenters. The molecule has 0 saturated heterocycles. The van der Waals surface area contributed by atoms with E-state index < -0.39 is 0 Å². The van der Waals surface area contributed by atoms with Gasteiger partial charge in [0.25, 0.3) is 0 Å². The second kappa shape index (κ2) is 7.47. The Morgan fingerprint density at radius 3 is 2.30 bits per heavy atom. The number of aldehydes is 1. The zero-order valence-electron chi connectivity index (χ0n) is 11.9. The van der Waals surface area contributed by atoms with Crippen LogP contribution in [0.2, 0.25) is 0 Å². The molecule has 1 aliphatic rings. The van der Waals surface area contributed by atoms with E-state index in [-0.39, 0.29) is 5.25 Å². The van der Waals surface area contributed by atoms with Crippen LogP contribution in [0.3, 0.4) is 0 Å². The van der Waals surface area contributed by atoms with Crippen LogP contribution in [0.4, 0.5) is 0 Å². The van der Waals surface area contributed by atoms with Gasteiger partial charge in [-0.25, -0.2) is 0 Å². The fourth-order valence-corrected chi connectivity index (χ4v) is 3.51. The topological polar surface area (TPSA) is 61.3 Å². The minimum absolute atomic E-state index is 0.0906. The first kappa shape index (κ1) is 15.1. The van der Waals surface area contributed by atoms with Crippen molar-refractivity contribution in [2.45, 2.75) is 42.5 Å². The Hall–Kier alpha value is -1.30. The molecule has 1 aromatic rings. The maximum Gasteiger partial charge on any atom is 0.220 e. The Kier molecular flexibility index (Phi) is 5.64. The fourth-order valence-electron chi connectivity index (χ4n) is 2.47. The number of methoxy groups -OCH3 is 2. The number of carbonyl (C=O) groups is 1. The van der Waals surface area contributed by atoms with Gasteiger partial charge in [0.05, 0.1) is 25.5 Å². The SMILES string of the molecule is COc1cc(OC)nc(SC(C=O)C2CCCCC2)n1. The van der Waals surface area contributed by atoms with Crippen molar-refractivity contribution >= 4 is 18.0 Å². The first-order valence-electron chi connectivity index (χ1n) is 6.86. The number of thioether (sulfide) groups is 1. The van der Waals surface area contributed by atoms with E-state index in [0.717, 1.165) is 19.1 Å². The van der Waals surface area contributed by atoms with E-state index in [1.165, 1.54) is 31.0 Å². The molecule has 1 saturated carbocycles. The van der Waals surface area contributed by atoms with Crippen molar-refractivity contribution < 1.29 is 14.3 Å². The van der Waals surface area contributed by atoms with Gasteiger partial charge in [0.1, 0.15) is 6.29 Å².